The molecule has 2 aromatic rings. The van der Waals surface area contributed by atoms with E-state index in [1.807, 2.05) is 0 Å². The van der Waals surface area contributed by atoms with Gasteiger partial charge >= 0.3 is 12.6 Å². The Morgan fingerprint density at radius 2 is 2.10 bits per heavy atom. The van der Waals surface area contributed by atoms with Gasteiger partial charge in [-0.3, -0.25) is 0 Å². The molecule has 0 aliphatic carbocycles. The molecule has 0 unspecified atom stereocenters. The van der Waals surface area contributed by atoms with Gasteiger partial charge in [-0.1, -0.05) is 29.3 Å². The molecule has 2 rings (SSSR count). The summed E-state index contributed by atoms with van der Waals surface area (Å²) < 4.78 is 29.9. The highest BCUT2D eigenvalue weighted by atomic mass is 35.5. The molecule has 0 aliphatic heterocycles. The van der Waals surface area contributed by atoms with Gasteiger partial charge in [-0.15, -0.1) is 0 Å². The largest absolute Gasteiger partial charge is 0.478 e. The molecule has 0 fully saturated rings. The first-order chi connectivity index (χ1) is 9.81. The van der Waals surface area contributed by atoms with Crippen molar-refractivity contribution in [1.82, 2.24) is 9.78 Å². The molecule has 0 radical (unpaired) electrons. The number of aryl methyl sites for hydroxylation is 1. The van der Waals surface area contributed by atoms with E-state index >= 15 is 0 Å². The van der Waals surface area contributed by atoms with E-state index in [9.17, 15) is 13.6 Å². The quantitative estimate of drug-likeness (QED) is 0.924. The Hall–Kier alpha value is -1.86. The molecule has 0 amide bonds. The van der Waals surface area contributed by atoms with E-state index in [1.54, 1.807) is 0 Å². The molecular weight excluding hydrogens is 329 g/mol. The average molecular weight is 337 g/mol. The average Bonchev–Trinajstić information content (AvgIpc) is 2.66. The van der Waals surface area contributed by atoms with Crippen molar-refractivity contribution in [2.45, 2.75) is 6.61 Å². The second-order valence-electron chi connectivity index (χ2n) is 3.97. The summed E-state index contributed by atoms with van der Waals surface area (Å²) in [7, 11) is 1.38. The normalized spacial score (nSPS) is 11.0. The summed E-state index contributed by atoms with van der Waals surface area (Å²) >= 11 is 11.7. The van der Waals surface area contributed by atoms with Gasteiger partial charge in [-0.25, -0.2) is 9.48 Å². The Kier molecular flexibility index (Phi) is 4.34. The number of nitrogens with zero attached hydrogens (tertiary/aromatic N) is 2. The van der Waals surface area contributed by atoms with Crippen LogP contribution in [0, 0.1) is 0 Å². The van der Waals surface area contributed by atoms with Gasteiger partial charge in [0.15, 0.2) is 0 Å². The monoisotopic (exact) mass is 336 g/mol. The highest BCUT2D eigenvalue weighted by molar-refractivity contribution is 6.35. The lowest BCUT2D eigenvalue weighted by Gasteiger charge is -2.04. The number of carbonyl (C=O) groups is 1. The van der Waals surface area contributed by atoms with Crippen LogP contribution in [0.1, 0.15) is 10.4 Å². The van der Waals surface area contributed by atoms with Crippen molar-refractivity contribution in [3.8, 4) is 17.1 Å². The summed E-state index contributed by atoms with van der Waals surface area (Å²) in [5.74, 6) is -1.54. The number of carboxylic acid groups (broad SMARTS) is 1. The van der Waals surface area contributed by atoms with Crippen LogP contribution < -0.4 is 4.74 Å². The first-order valence-electron chi connectivity index (χ1n) is 5.51. The molecule has 0 bridgehead atoms. The molecule has 1 heterocycles. The minimum Gasteiger partial charge on any atom is -0.478 e. The maximum atomic E-state index is 12.3. The van der Waals surface area contributed by atoms with Gasteiger partial charge in [0.25, 0.3) is 0 Å². The Morgan fingerprint density at radius 3 is 2.67 bits per heavy atom. The molecule has 5 nitrogen and oxygen atoms in total. The lowest BCUT2D eigenvalue weighted by atomic mass is 10.1. The summed E-state index contributed by atoms with van der Waals surface area (Å²) in [5.41, 5.74) is 0.294. The Bertz CT molecular complexity index is 704. The number of aromatic nitrogens is 2. The third kappa shape index (κ3) is 3.08. The second kappa shape index (κ2) is 5.87. The van der Waals surface area contributed by atoms with Crippen molar-refractivity contribution >= 4 is 29.2 Å². The van der Waals surface area contributed by atoms with Crippen LogP contribution in [0.25, 0.3) is 11.3 Å². The number of halogens is 4. The van der Waals surface area contributed by atoms with Crippen LogP contribution >= 0.6 is 23.2 Å². The molecule has 0 saturated carbocycles. The van der Waals surface area contributed by atoms with Crippen LogP contribution in [0.15, 0.2) is 18.2 Å². The van der Waals surface area contributed by atoms with Gasteiger partial charge in [0.1, 0.15) is 10.7 Å². The Balaban J connectivity index is 2.53. The molecular formula is C12H8Cl2F2N2O3. The van der Waals surface area contributed by atoms with Gasteiger partial charge in [0.2, 0.25) is 5.88 Å². The van der Waals surface area contributed by atoms with Crippen LogP contribution in [0.2, 0.25) is 10.0 Å². The molecule has 0 spiro atoms. The maximum absolute atomic E-state index is 12.3. The van der Waals surface area contributed by atoms with E-state index in [4.69, 9.17) is 28.3 Å². The zero-order chi connectivity index (χ0) is 15.7. The zero-order valence-electron chi connectivity index (χ0n) is 10.5. The first-order valence-corrected chi connectivity index (χ1v) is 6.27. The molecule has 1 N–H and O–H groups in total. The zero-order valence-corrected chi connectivity index (χ0v) is 12.0. The number of alkyl halides is 2. The van der Waals surface area contributed by atoms with Crippen molar-refractivity contribution in [3.05, 3.63) is 33.8 Å². The van der Waals surface area contributed by atoms with E-state index in [1.165, 1.54) is 25.2 Å². The van der Waals surface area contributed by atoms with Gasteiger partial charge in [0, 0.05) is 12.6 Å². The summed E-state index contributed by atoms with van der Waals surface area (Å²) in [5, 5.41) is 12.9. The third-order valence-electron chi connectivity index (χ3n) is 2.61. The lowest BCUT2D eigenvalue weighted by Crippen LogP contribution is -2.06. The fraction of sp³-hybridized carbons (Fsp3) is 0.167. The van der Waals surface area contributed by atoms with Gasteiger partial charge in [-0.2, -0.15) is 13.9 Å². The smallest absolute Gasteiger partial charge is 0.388 e. The summed E-state index contributed by atoms with van der Waals surface area (Å²) in [6, 6.07) is 4.10. The molecule has 0 aliphatic rings. The van der Waals surface area contributed by atoms with Gasteiger partial charge in [-0.05, 0) is 12.1 Å². The van der Waals surface area contributed by atoms with E-state index in [0.717, 1.165) is 4.68 Å². The second-order valence-corrected chi connectivity index (χ2v) is 4.75. The predicted octanol–water partition coefficient (Wildman–Crippen LogP) is 3.69. The fourth-order valence-corrected chi connectivity index (χ4v) is 2.23. The number of rotatable bonds is 4. The van der Waals surface area contributed by atoms with E-state index in [2.05, 4.69) is 9.84 Å². The predicted molar refractivity (Wildman–Crippen MR) is 72.3 cm³/mol. The minimum absolute atomic E-state index is 0.0438. The molecule has 1 aromatic heterocycles. The molecule has 9 heteroatoms. The van der Waals surface area contributed by atoms with Gasteiger partial charge in [0.05, 0.1) is 10.6 Å². The lowest BCUT2D eigenvalue weighted by molar-refractivity contribution is -0.0552. The van der Waals surface area contributed by atoms with Crippen molar-refractivity contribution in [1.29, 1.82) is 0 Å². The fourth-order valence-electron chi connectivity index (χ4n) is 1.72. The Morgan fingerprint density at radius 1 is 1.43 bits per heavy atom. The van der Waals surface area contributed by atoms with Crippen molar-refractivity contribution < 1.29 is 23.4 Å². The van der Waals surface area contributed by atoms with Crippen LogP contribution in [0.4, 0.5) is 8.78 Å². The number of hydrogen-bond acceptors (Lipinski definition) is 3. The van der Waals surface area contributed by atoms with Gasteiger partial charge < -0.3 is 9.84 Å². The molecule has 0 atom stereocenters. The summed E-state index contributed by atoms with van der Waals surface area (Å²) in [6.45, 7) is -3.05. The minimum atomic E-state index is -3.05. The van der Waals surface area contributed by atoms with Crippen molar-refractivity contribution in [2.75, 3.05) is 0 Å². The highest BCUT2D eigenvalue weighted by Gasteiger charge is 2.21. The van der Waals surface area contributed by atoms with E-state index in [-0.39, 0.29) is 27.2 Å². The van der Waals surface area contributed by atoms with E-state index < -0.39 is 12.6 Å². The highest BCUT2D eigenvalue weighted by Crippen LogP contribution is 2.36. The van der Waals surface area contributed by atoms with Crippen LogP contribution in [0.3, 0.4) is 0 Å². The number of ether oxygens (including phenoxy) is 1. The topological polar surface area (TPSA) is 64.4 Å². The van der Waals surface area contributed by atoms with Crippen LogP contribution in [-0.4, -0.2) is 27.5 Å². The third-order valence-corrected chi connectivity index (χ3v) is 3.28. The number of benzene rings is 1. The molecule has 1 aromatic carbocycles. The number of carboxylic acids is 1. The van der Waals surface area contributed by atoms with Crippen molar-refractivity contribution in [3.63, 3.8) is 0 Å². The molecule has 0 saturated heterocycles. The number of hydrogen-bond donors (Lipinski definition) is 1. The van der Waals surface area contributed by atoms with Crippen LogP contribution in [-0.2, 0) is 7.05 Å². The number of aromatic carboxylic acids is 1. The molecule has 21 heavy (non-hydrogen) atoms. The summed E-state index contributed by atoms with van der Waals surface area (Å²) in [4.78, 5) is 11.0. The van der Waals surface area contributed by atoms with E-state index in [0.29, 0.717) is 5.56 Å². The maximum Gasteiger partial charge on any atom is 0.388 e. The summed E-state index contributed by atoms with van der Waals surface area (Å²) in [6.07, 6.45) is 0. The SMILES string of the molecule is Cn1nc(-c2ccc(Cl)c(C(=O)O)c2)c(Cl)c1OC(F)F. The molecule has 112 valence electrons. The van der Waals surface area contributed by atoms with Crippen molar-refractivity contribution in [2.24, 2.45) is 7.05 Å². The Labute approximate surface area is 127 Å². The van der Waals surface area contributed by atoms with Crippen LogP contribution in [0.5, 0.6) is 5.88 Å². The standard InChI is InChI=1S/C12H8Cl2F2N2O3/c1-18-10(21-12(15)16)8(14)9(17-18)5-2-3-7(13)6(4-5)11(19)20/h2-4,12H,1H3,(H,19,20). The first kappa shape index (κ1) is 15.5.